The van der Waals surface area contributed by atoms with Crippen molar-refractivity contribution in [2.75, 3.05) is 6.61 Å². The second kappa shape index (κ2) is 7.96. The summed E-state index contributed by atoms with van der Waals surface area (Å²) in [6.45, 7) is 2.08. The molecule has 1 N–H and O–H groups in total. The molecule has 0 atom stereocenters. The highest BCUT2D eigenvalue weighted by atomic mass is 32.1. The van der Waals surface area contributed by atoms with Gasteiger partial charge in [-0.1, -0.05) is 42.5 Å². The van der Waals surface area contributed by atoms with E-state index in [4.69, 9.17) is 4.74 Å². The third kappa shape index (κ3) is 3.44. The lowest BCUT2D eigenvalue weighted by molar-refractivity contribution is 0.0529. The molecule has 6 heteroatoms. The standard InChI is InChI=1S/C22H17NO3S2/c1-2-26-22(25)19-16(14-8-4-3-5-9-14)13-27-21(19)23-12-18-20(24)15-10-6-7-11-17(15)28-18/h3-13,24H,2H2,1H3/b23-12+. The maximum absolute atomic E-state index is 12.6. The van der Waals surface area contributed by atoms with Crippen LogP contribution in [0.25, 0.3) is 21.2 Å². The normalized spacial score (nSPS) is 11.3. The quantitative estimate of drug-likeness (QED) is 0.314. The second-order valence-electron chi connectivity index (χ2n) is 5.99. The van der Waals surface area contributed by atoms with E-state index in [1.54, 1.807) is 13.1 Å². The van der Waals surface area contributed by atoms with Gasteiger partial charge in [0.05, 0.1) is 11.5 Å². The zero-order valence-corrected chi connectivity index (χ0v) is 16.7. The van der Waals surface area contributed by atoms with E-state index in [9.17, 15) is 9.90 Å². The summed E-state index contributed by atoms with van der Waals surface area (Å²) < 4.78 is 6.25. The number of nitrogens with zero attached hydrogens (tertiary/aromatic N) is 1. The molecule has 28 heavy (non-hydrogen) atoms. The summed E-state index contributed by atoms with van der Waals surface area (Å²) in [6, 6.07) is 17.4. The Hall–Kier alpha value is -2.96. The molecule has 0 unspecified atom stereocenters. The Morgan fingerprint density at radius 1 is 1.14 bits per heavy atom. The number of aromatic hydroxyl groups is 1. The van der Waals surface area contributed by atoms with E-state index in [0.717, 1.165) is 21.2 Å². The third-order valence-corrected chi connectivity index (χ3v) is 6.21. The van der Waals surface area contributed by atoms with E-state index >= 15 is 0 Å². The number of carbonyl (C=O) groups is 1. The summed E-state index contributed by atoms with van der Waals surface area (Å²) in [7, 11) is 0. The van der Waals surface area contributed by atoms with Crippen molar-refractivity contribution < 1.29 is 14.6 Å². The third-order valence-electron chi connectivity index (χ3n) is 4.23. The summed E-state index contributed by atoms with van der Waals surface area (Å²) in [4.78, 5) is 17.8. The minimum Gasteiger partial charge on any atom is -0.506 e. The first-order chi connectivity index (χ1) is 13.7. The lowest BCUT2D eigenvalue weighted by Crippen LogP contribution is -2.05. The van der Waals surface area contributed by atoms with Crippen LogP contribution in [-0.2, 0) is 4.74 Å². The monoisotopic (exact) mass is 407 g/mol. The van der Waals surface area contributed by atoms with Gasteiger partial charge in [0.1, 0.15) is 16.3 Å². The fraction of sp³-hybridized carbons (Fsp3) is 0.0909. The number of fused-ring (bicyclic) bond motifs is 1. The van der Waals surface area contributed by atoms with Crippen molar-refractivity contribution in [1.82, 2.24) is 0 Å². The molecule has 0 radical (unpaired) electrons. The maximum atomic E-state index is 12.6. The van der Waals surface area contributed by atoms with Crippen molar-refractivity contribution in [3.63, 3.8) is 0 Å². The van der Waals surface area contributed by atoms with Crippen LogP contribution in [0.1, 0.15) is 22.2 Å². The van der Waals surface area contributed by atoms with Gasteiger partial charge in [0.25, 0.3) is 0 Å². The van der Waals surface area contributed by atoms with Crippen LogP contribution in [0.2, 0.25) is 0 Å². The van der Waals surface area contributed by atoms with Gasteiger partial charge < -0.3 is 9.84 Å². The van der Waals surface area contributed by atoms with Crippen molar-refractivity contribution in [2.24, 2.45) is 4.99 Å². The van der Waals surface area contributed by atoms with Crippen molar-refractivity contribution >= 4 is 49.9 Å². The largest absolute Gasteiger partial charge is 0.506 e. The Balaban J connectivity index is 1.76. The Morgan fingerprint density at radius 3 is 2.64 bits per heavy atom. The van der Waals surface area contributed by atoms with Crippen molar-refractivity contribution in [1.29, 1.82) is 0 Å². The minimum atomic E-state index is -0.393. The van der Waals surface area contributed by atoms with E-state index in [1.165, 1.54) is 22.7 Å². The van der Waals surface area contributed by atoms with E-state index in [0.29, 0.717) is 22.0 Å². The molecular weight excluding hydrogens is 390 g/mol. The van der Waals surface area contributed by atoms with E-state index in [-0.39, 0.29) is 5.75 Å². The van der Waals surface area contributed by atoms with E-state index in [2.05, 4.69) is 4.99 Å². The number of hydrogen-bond acceptors (Lipinski definition) is 6. The van der Waals surface area contributed by atoms with E-state index < -0.39 is 5.97 Å². The van der Waals surface area contributed by atoms with Crippen LogP contribution in [0, 0.1) is 0 Å². The Morgan fingerprint density at radius 2 is 1.89 bits per heavy atom. The zero-order chi connectivity index (χ0) is 19.5. The van der Waals surface area contributed by atoms with Gasteiger partial charge in [0.15, 0.2) is 0 Å². The second-order valence-corrected chi connectivity index (χ2v) is 7.93. The van der Waals surface area contributed by atoms with Gasteiger partial charge in [-0.05, 0) is 24.6 Å². The number of esters is 1. The fourth-order valence-corrected chi connectivity index (χ4v) is 4.81. The highest BCUT2D eigenvalue weighted by Crippen LogP contribution is 2.39. The maximum Gasteiger partial charge on any atom is 0.341 e. The highest BCUT2D eigenvalue weighted by molar-refractivity contribution is 7.21. The SMILES string of the molecule is CCOC(=O)c1c(-c2ccccc2)csc1/N=C/c1sc2ccccc2c1O. The van der Waals surface area contributed by atoms with Crippen molar-refractivity contribution in [3.8, 4) is 16.9 Å². The van der Waals surface area contributed by atoms with Crippen LogP contribution in [0.5, 0.6) is 5.75 Å². The van der Waals surface area contributed by atoms with Crippen LogP contribution in [0.4, 0.5) is 5.00 Å². The highest BCUT2D eigenvalue weighted by Gasteiger charge is 2.21. The van der Waals surface area contributed by atoms with Crippen LogP contribution >= 0.6 is 22.7 Å². The molecule has 2 aromatic heterocycles. The fourth-order valence-electron chi connectivity index (χ4n) is 2.93. The Kier molecular flexibility index (Phi) is 5.23. The number of carbonyl (C=O) groups excluding carboxylic acids is 1. The number of hydrogen-bond donors (Lipinski definition) is 1. The Labute approximate surface area is 170 Å². The number of thiophene rings is 2. The molecule has 0 aliphatic heterocycles. The van der Waals surface area contributed by atoms with Gasteiger partial charge in [-0.3, -0.25) is 0 Å². The molecule has 0 amide bonds. The zero-order valence-electron chi connectivity index (χ0n) is 15.1. The molecule has 140 valence electrons. The summed E-state index contributed by atoms with van der Waals surface area (Å²) in [6.07, 6.45) is 1.61. The van der Waals surface area contributed by atoms with Gasteiger partial charge in [0.2, 0.25) is 0 Å². The molecule has 0 saturated heterocycles. The molecule has 2 heterocycles. The predicted octanol–water partition coefficient (Wildman–Crippen LogP) is 6.26. The topological polar surface area (TPSA) is 58.9 Å². The molecule has 4 aromatic rings. The summed E-state index contributed by atoms with van der Waals surface area (Å²) in [5.74, 6) is -0.183. The molecular formula is C22H17NO3S2. The lowest BCUT2D eigenvalue weighted by Gasteiger charge is -2.05. The lowest BCUT2D eigenvalue weighted by atomic mass is 10.0. The molecule has 4 nitrogen and oxygen atoms in total. The van der Waals surface area contributed by atoms with Crippen molar-refractivity contribution in [3.05, 3.63) is 70.4 Å². The van der Waals surface area contributed by atoms with Gasteiger partial charge >= 0.3 is 5.97 Å². The Bertz CT molecular complexity index is 1160. The summed E-state index contributed by atoms with van der Waals surface area (Å²) in [5, 5.41) is 13.7. The first kappa shape index (κ1) is 18.4. The van der Waals surface area contributed by atoms with Gasteiger partial charge in [-0.2, -0.15) is 0 Å². The first-order valence-corrected chi connectivity index (χ1v) is 10.5. The van der Waals surface area contributed by atoms with Crippen LogP contribution in [0.3, 0.4) is 0 Å². The average Bonchev–Trinajstić information content (AvgIpc) is 3.29. The molecule has 0 aliphatic carbocycles. The van der Waals surface area contributed by atoms with Crippen molar-refractivity contribution in [2.45, 2.75) is 6.92 Å². The van der Waals surface area contributed by atoms with E-state index in [1.807, 2.05) is 60.0 Å². The van der Waals surface area contributed by atoms with Crippen LogP contribution in [0.15, 0.2) is 65.0 Å². The van der Waals surface area contributed by atoms with Gasteiger partial charge in [-0.15, -0.1) is 22.7 Å². The van der Waals surface area contributed by atoms with Gasteiger partial charge in [0, 0.05) is 27.2 Å². The smallest absolute Gasteiger partial charge is 0.341 e. The number of benzene rings is 2. The molecule has 0 aliphatic rings. The molecule has 2 aromatic carbocycles. The number of rotatable bonds is 5. The minimum absolute atomic E-state index is 0.210. The molecule has 0 spiro atoms. The summed E-state index contributed by atoms with van der Waals surface area (Å²) >= 11 is 2.84. The average molecular weight is 408 g/mol. The van der Waals surface area contributed by atoms with Gasteiger partial charge in [-0.25, -0.2) is 9.79 Å². The predicted molar refractivity (Wildman–Crippen MR) is 116 cm³/mol. The number of ether oxygens (including phenoxy) is 1. The summed E-state index contributed by atoms with van der Waals surface area (Å²) in [5.41, 5.74) is 2.19. The van der Waals surface area contributed by atoms with Crippen LogP contribution < -0.4 is 0 Å². The van der Waals surface area contributed by atoms with Crippen LogP contribution in [-0.4, -0.2) is 23.9 Å². The molecule has 0 fully saturated rings. The molecule has 4 rings (SSSR count). The molecule has 0 bridgehead atoms. The molecule has 0 saturated carbocycles. The first-order valence-electron chi connectivity index (χ1n) is 8.77. The number of aliphatic imine (C=N–C) groups is 1.